The summed E-state index contributed by atoms with van der Waals surface area (Å²) in [5.74, 6) is 2.02. The first kappa shape index (κ1) is 19.3. The number of thioether (sulfide) groups is 1. The van der Waals surface area contributed by atoms with Crippen molar-refractivity contribution >= 4 is 51.7 Å². The van der Waals surface area contributed by atoms with E-state index in [0.717, 1.165) is 24.7 Å². The van der Waals surface area contributed by atoms with Crippen molar-refractivity contribution in [1.82, 2.24) is 14.9 Å². The molecule has 1 saturated heterocycles. The van der Waals surface area contributed by atoms with E-state index >= 15 is 0 Å². The smallest absolute Gasteiger partial charge is 0.214 e. The maximum atomic E-state index is 11.6. The van der Waals surface area contributed by atoms with Crippen LogP contribution in [0.15, 0.2) is 4.99 Å². The molecule has 0 amide bonds. The summed E-state index contributed by atoms with van der Waals surface area (Å²) >= 11 is 1.77. The molecule has 0 bridgehead atoms. The second-order valence-corrected chi connectivity index (χ2v) is 7.06. The van der Waals surface area contributed by atoms with Crippen LogP contribution in [-0.4, -0.2) is 69.7 Å². The molecule has 1 rings (SSSR count). The van der Waals surface area contributed by atoms with Crippen molar-refractivity contribution in [2.75, 3.05) is 51.0 Å². The highest BCUT2D eigenvalue weighted by Crippen LogP contribution is 2.11. The number of aliphatic imine (C=N–C) groups is 1. The minimum absolute atomic E-state index is 0. The van der Waals surface area contributed by atoms with Crippen molar-refractivity contribution in [3.05, 3.63) is 0 Å². The van der Waals surface area contributed by atoms with E-state index in [1.54, 1.807) is 18.8 Å². The third kappa shape index (κ3) is 7.00. The van der Waals surface area contributed by atoms with Crippen molar-refractivity contribution in [3.63, 3.8) is 0 Å². The molecule has 1 aliphatic rings. The van der Waals surface area contributed by atoms with Gasteiger partial charge in [0.1, 0.15) is 0 Å². The third-order valence-corrected chi connectivity index (χ3v) is 5.25. The average Bonchev–Trinajstić information content (AvgIpc) is 2.67. The van der Waals surface area contributed by atoms with Crippen LogP contribution in [0.1, 0.15) is 6.42 Å². The van der Waals surface area contributed by atoms with Crippen molar-refractivity contribution < 1.29 is 8.42 Å². The molecular weight excluding hydrogens is 399 g/mol. The van der Waals surface area contributed by atoms with Crippen LogP contribution in [0.4, 0.5) is 0 Å². The molecule has 2 N–H and O–H groups in total. The zero-order valence-electron chi connectivity index (χ0n) is 11.4. The van der Waals surface area contributed by atoms with Crippen molar-refractivity contribution in [3.8, 4) is 0 Å². The number of guanidine groups is 1. The van der Waals surface area contributed by atoms with Gasteiger partial charge in [0, 0.05) is 39.0 Å². The molecule has 0 aromatic carbocycles. The van der Waals surface area contributed by atoms with Gasteiger partial charge in [0.2, 0.25) is 10.0 Å². The predicted octanol–water partition coefficient (Wildman–Crippen LogP) is 0.168. The van der Waals surface area contributed by atoms with Gasteiger partial charge in [-0.1, -0.05) is 0 Å². The van der Waals surface area contributed by atoms with Gasteiger partial charge in [0.05, 0.1) is 5.75 Å². The van der Waals surface area contributed by atoms with Crippen LogP contribution in [0.3, 0.4) is 0 Å². The Morgan fingerprint density at radius 2 is 2.05 bits per heavy atom. The first-order chi connectivity index (χ1) is 8.60. The Kier molecular flexibility index (Phi) is 10.2. The summed E-state index contributed by atoms with van der Waals surface area (Å²) < 4.78 is 24.7. The molecule has 0 radical (unpaired) electrons. The maximum Gasteiger partial charge on any atom is 0.214 e. The monoisotopic (exact) mass is 422 g/mol. The summed E-state index contributed by atoms with van der Waals surface area (Å²) in [5, 5.41) is 6.28. The highest BCUT2D eigenvalue weighted by atomic mass is 127. The number of nitrogens with zero attached hydrogens (tertiary/aromatic N) is 2. The lowest BCUT2D eigenvalue weighted by atomic mass is 10.5. The summed E-state index contributed by atoms with van der Waals surface area (Å²) in [6.07, 6.45) is 2.79. The molecule has 0 aromatic rings. The quantitative estimate of drug-likeness (QED) is 0.276. The maximum absolute atomic E-state index is 11.6. The number of sulfonamides is 1. The molecule has 0 aliphatic carbocycles. The lowest BCUT2D eigenvalue weighted by Gasteiger charge is -2.16. The van der Waals surface area contributed by atoms with Gasteiger partial charge in [-0.2, -0.15) is 11.8 Å². The minimum Gasteiger partial charge on any atom is -0.356 e. The van der Waals surface area contributed by atoms with Crippen LogP contribution >= 0.6 is 35.7 Å². The van der Waals surface area contributed by atoms with E-state index in [2.05, 4.69) is 21.9 Å². The van der Waals surface area contributed by atoms with Gasteiger partial charge in [0.15, 0.2) is 5.96 Å². The van der Waals surface area contributed by atoms with Gasteiger partial charge in [-0.3, -0.25) is 4.99 Å². The SMILES string of the molecule is CN=C(NCCSC)NCCN1CCCS1(=O)=O.I. The molecule has 0 aromatic heterocycles. The molecule has 1 fully saturated rings. The molecule has 1 aliphatic heterocycles. The van der Waals surface area contributed by atoms with Crippen molar-refractivity contribution in [1.29, 1.82) is 0 Å². The van der Waals surface area contributed by atoms with E-state index in [-0.39, 0.29) is 29.7 Å². The van der Waals surface area contributed by atoms with Gasteiger partial charge >= 0.3 is 0 Å². The average molecular weight is 422 g/mol. The van der Waals surface area contributed by atoms with Crippen LogP contribution in [0.5, 0.6) is 0 Å². The molecule has 0 saturated carbocycles. The number of halogens is 1. The Labute approximate surface area is 137 Å². The van der Waals surface area contributed by atoms with Gasteiger partial charge < -0.3 is 10.6 Å². The van der Waals surface area contributed by atoms with E-state index in [1.165, 1.54) is 4.31 Å². The molecular formula is C10H23IN4O2S2. The summed E-state index contributed by atoms with van der Waals surface area (Å²) in [5.41, 5.74) is 0. The Bertz CT molecular complexity index is 376. The fourth-order valence-electron chi connectivity index (χ4n) is 1.73. The lowest BCUT2D eigenvalue weighted by molar-refractivity contribution is 0.445. The Morgan fingerprint density at radius 3 is 2.58 bits per heavy atom. The summed E-state index contributed by atoms with van der Waals surface area (Å²) in [7, 11) is -1.27. The fourth-order valence-corrected chi connectivity index (χ4v) is 3.57. The Hall–Kier alpha value is 0.260. The number of nitrogens with one attached hydrogen (secondary N) is 2. The van der Waals surface area contributed by atoms with Crippen LogP contribution in [0.25, 0.3) is 0 Å². The van der Waals surface area contributed by atoms with E-state index in [0.29, 0.717) is 19.6 Å². The Morgan fingerprint density at radius 1 is 1.37 bits per heavy atom. The molecule has 1 heterocycles. The summed E-state index contributed by atoms with van der Waals surface area (Å²) in [6.45, 7) is 2.58. The first-order valence-electron chi connectivity index (χ1n) is 6.01. The third-order valence-electron chi connectivity index (χ3n) is 2.68. The molecule has 0 atom stereocenters. The molecule has 114 valence electrons. The summed E-state index contributed by atoms with van der Waals surface area (Å²) in [4.78, 5) is 4.08. The van der Waals surface area contributed by atoms with E-state index in [1.807, 2.05) is 0 Å². The lowest BCUT2D eigenvalue weighted by Crippen LogP contribution is -2.42. The first-order valence-corrected chi connectivity index (χ1v) is 9.01. The van der Waals surface area contributed by atoms with Crippen LogP contribution in [0.2, 0.25) is 0 Å². The second-order valence-electron chi connectivity index (χ2n) is 3.99. The van der Waals surface area contributed by atoms with Crippen LogP contribution in [-0.2, 0) is 10.0 Å². The highest BCUT2D eigenvalue weighted by Gasteiger charge is 2.27. The topological polar surface area (TPSA) is 73.8 Å². The van der Waals surface area contributed by atoms with Gasteiger partial charge in [-0.15, -0.1) is 24.0 Å². The normalized spacial score (nSPS) is 18.9. The second kappa shape index (κ2) is 10.1. The molecule has 0 spiro atoms. The number of hydrogen-bond acceptors (Lipinski definition) is 4. The van der Waals surface area contributed by atoms with E-state index in [4.69, 9.17) is 0 Å². The van der Waals surface area contributed by atoms with Gasteiger partial charge in [-0.25, -0.2) is 12.7 Å². The molecule has 19 heavy (non-hydrogen) atoms. The Balaban J connectivity index is 0.00000324. The molecule has 6 nitrogen and oxygen atoms in total. The molecule has 9 heteroatoms. The van der Waals surface area contributed by atoms with E-state index in [9.17, 15) is 8.42 Å². The largest absolute Gasteiger partial charge is 0.356 e. The predicted molar refractivity (Wildman–Crippen MR) is 93.1 cm³/mol. The number of hydrogen-bond donors (Lipinski definition) is 2. The standard InChI is InChI=1S/C10H22N4O2S2.HI/c1-11-10(13-5-8-17-2)12-4-7-14-6-3-9-18(14,15)16;/h3-9H2,1-2H3,(H2,11,12,13);1H. The zero-order chi connectivity index (χ0) is 13.4. The van der Waals surface area contributed by atoms with Crippen molar-refractivity contribution in [2.45, 2.75) is 6.42 Å². The highest BCUT2D eigenvalue weighted by molar-refractivity contribution is 14.0. The molecule has 0 unspecified atom stereocenters. The number of rotatable bonds is 6. The van der Waals surface area contributed by atoms with Crippen LogP contribution in [0, 0.1) is 0 Å². The minimum atomic E-state index is -2.98. The van der Waals surface area contributed by atoms with Crippen molar-refractivity contribution in [2.24, 2.45) is 4.99 Å². The van der Waals surface area contributed by atoms with Gasteiger partial charge in [0.25, 0.3) is 0 Å². The van der Waals surface area contributed by atoms with Crippen LogP contribution < -0.4 is 10.6 Å². The van der Waals surface area contributed by atoms with Gasteiger partial charge in [-0.05, 0) is 12.7 Å². The fraction of sp³-hybridized carbons (Fsp3) is 0.900. The summed E-state index contributed by atoms with van der Waals surface area (Å²) in [6, 6.07) is 0. The van der Waals surface area contributed by atoms with E-state index < -0.39 is 10.0 Å². The zero-order valence-corrected chi connectivity index (χ0v) is 15.3.